The lowest BCUT2D eigenvalue weighted by Gasteiger charge is -2.33. The summed E-state index contributed by atoms with van der Waals surface area (Å²) in [5.74, 6) is 0. The second-order valence-electron chi connectivity index (χ2n) is 6.23. The first-order chi connectivity index (χ1) is 11.1. The molecule has 1 aliphatic heterocycles. The third-order valence-electron chi connectivity index (χ3n) is 4.13. The molecule has 0 aromatic carbocycles. The summed E-state index contributed by atoms with van der Waals surface area (Å²) >= 11 is 0. The van der Waals surface area contributed by atoms with Crippen LogP contribution in [-0.2, 0) is 24.9 Å². The zero-order valence-electron chi connectivity index (χ0n) is 13.6. The predicted octanol–water partition coefficient (Wildman–Crippen LogP) is -1.51. The number of nitrogens with one attached hydrogen (secondary N) is 4. The highest BCUT2D eigenvalue weighted by atomic mass is 32.2. The van der Waals surface area contributed by atoms with Gasteiger partial charge in [0.15, 0.2) is 0 Å². The van der Waals surface area contributed by atoms with Crippen LogP contribution in [-0.4, -0.2) is 64.7 Å². The van der Waals surface area contributed by atoms with Crippen LogP contribution in [0.25, 0.3) is 0 Å². The maximum atomic E-state index is 11.2. The fraction of sp³-hybridized carbons (Fsp3) is 1.00. The Balaban J connectivity index is 1.71. The molecule has 0 bridgehead atoms. The number of sulfonamides is 1. The largest absolute Gasteiger partial charge is 0.363 e. The minimum Gasteiger partial charge on any atom is -0.363 e. The fourth-order valence-electron chi connectivity index (χ4n) is 2.96. The monoisotopic (exact) mass is 386 g/mol. The van der Waals surface area contributed by atoms with Crippen LogP contribution in [0.1, 0.15) is 32.1 Å². The molecule has 0 aromatic heterocycles. The van der Waals surface area contributed by atoms with Crippen molar-refractivity contribution in [1.82, 2.24) is 20.7 Å². The molecule has 2 aliphatic rings. The minimum absolute atomic E-state index is 0.133. The molecule has 0 amide bonds. The first-order valence-electron chi connectivity index (χ1n) is 7.91. The molecule has 10 nitrogen and oxygen atoms in total. The van der Waals surface area contributed by atoms with Gasteiger partial charge in [-0.2, -0.15) is 13.1 Å². The quantitative estimate of drug-likeness (QED) is 0.260. The summed E-state index contributed by atoms with van der Waals surface area (Å²) in [6, 6.07) is 0. The third kappa shape index (κ3) is 6.88. The lowest BCUT2D eigenvalue weighted by atomic mass is 9.97. The van der Waals surface area contributed by atoms with Crippen LogP contribution in [0.5, 0.6) is 0 Å². The van der Waals surface area contributed by atoms with Crippen molar-refractivity contribution in [2.45, 2.75) is 55.9 Å². The summed E-state index contributed by atoms with van der Waals surface area (Å²) in [6.45, 7) is 0.845. The van der Waals surface area contributed by atoms with E-state index in [0.29, 0.717) is 25.8 Å². The van der Waals surface area contributed by atoms with Crippen LogP contribution in [0.3, 0.4) is 0 Å². The Morgan fingerprint density at radius 1 is 1.21 bits per heavy atom. The highest BCUT2D eigenvalue weighted by molar-refractivity contribution is 7.88. The maximum absolute atomic E-state index is 11.2. The molecule has 2 fully saturated rings. The molecule has 142 valence electrons. The number of hydrogen-bond acceptors (Lipinski definition) is 8. The van der Waals surface area contributed by atoms with Gasteiger partial charge in [-0.15, -0.1) is 0 Å². The Hall–Kier alpha value is -0.340. The fourth-order valence-corrected chi connectivity index (χ4v) is 4.46. The van der Waals surface area contributed by atoms with E-state index in [-0.39, 0.29) is 19.0 Å². The SMILES string of the molecule is CS(=O)(=O)NC1NCCC(NCOC2CCCC(S(=O)(=O)O)C2)N1. The van der Waals surface area contributed by atoms with Gasteiger partial charge in [-0.1, -0.05) is 0 Å². The normalized spacial score (nSPS) is 32.6. The molecule has 0 spiro atoms. The molecular weight excluding hydrogens is 360 g/mol. The van der Waals surface area contributed by atoms with E-state index in [0.717, 1.165) is 19.1 Å². The summed E-state index contributed by atoms with van der Waals surface area (Å²) in [4.78, 5) is 0. The van der Waals surface area contributed by atoms with E-state index in [1.54, 1.807) is 0 Å². The van der Waals surface area contributed by atoms with Crippen molar-refractivity contribution in [1.29, 1.82) is 0 Å². The Bertz CT molecular complexity index is 611. The molecule has 1 saturated carbocycles. The Morgan fingerprint density at radius 3 is 2.62 bits per heavy atom. The van der Waals surface area contributed by atoms with Crippen molar-refractivity contribution in [3.63, 3.8) is 0 Å². The van der Waals surface area contributed by atoms with Gasteiger partial charge in [0, 0.05) is 6.54 Å². The van der Waals surface area contributed by atoms with Crippen molar-refractivity contribution in [2.75, 3.05) is 19.5 Å². The molecule has 0 aromatic rings. The molecule has 1 saturated heterocycles. The van der Waals surface area contributed by atoms with Gasteiger partial charge in [0.05, 0.1) is 30.5 Å². The van der Waals surface area contributed by atoms with Gasteiger partial charge in [0.1, 0.15) is 6.29 Å². The first-order valence-corrected chi connectivity index (χ1v) is 11.3. The summed E-state index contributed by atoms with van der Waals surface area (Å²) in [5.41, 5.74) is 0. The minimum atomic E-state index is -4.02. The van der Waals surface area contributed by atoms with E-state index in [1.165, 1.54) is 0 Å². The molecular formula is C12H26N4O6S2. The molecule has 4 atom stereocenters. The molecule has 4 unspecified atom stereocenters. The maximum Gasteiger partial charge on any atom is 0.267 e. The van der Waals surface area contributed by atoms with Crippen LogP contribution in [0, 0.1) is 0 Å². The molecule has 2 rings (SSSR count). The number of hydrogen-bond donors (Lipinski definition) is 5. The van der Waals surface area contributed by atoms with Crippen molar-refractivity contribution in [3.8, 4) is 0 Å². The van der Waals surface area contributed by atoms with Crippen LogP contribution in [0.2, 0.25) is 0 Å². The Labute approximate surface area is 142 Å². The molecule has 0 radical (unpaired) electrons. The van der Waals surface area contributed by atoms with E-state index >= 15 is 0 Å². The van der Waals surface area contributed by atoms with Gasteiger partial charge < -0.3 is 4.74 Å². The zero-order chi connectivity index (χ0) is 17.8. The van der Waals surface area contributed by atoms with Crippen LogP contribution in [0.15, 0.2) is 0 Å². The molecule has 1 aliphatic carbocycles. The van der Waals surface area contributed by atoms with Crippen molar-refractivity contribution in [3.05, 3.63) is 0 Å². The van der Waals surface area contributed by atoms with Gasteiger partial charge in [0.25, 0.3) is 10.1 Å². The standard InChI is InChI=1S/C12H26N4O6S2/c1-23(17,18)16-12-13-6-5-11(15-12)14-8-22-9-3-2-4-10(7-9)24(19,20)21/h9-16H,2-8H2,1H3,(H,19,20,21). The lowest BCUT2D eigenvalue weighted by molar-refractivity contribution is 0.00857. The van der Waals surface area contributed by atoms with Gasteiger partial charge in [-0.05, 0) is 32.1 Å². The van der Waals surface area contributed by atoms with E-state index in [1.807, 2.05) is 0 Å². The van der Waals surface area contributed by atoms with E-state index in [9.17, 15) is 16.8 Å². The van der Waals surface area contributed by atoms with Crippen molar-refractivity contribution in [2.24, 2.45) is 0 Å². The topological polar surface area (TPSA) is 146 Å². The summed E-state index contributed by atoms with van der Waals surface area (Å²) in [7, 11) is -7.33. The second-order valence-corrected chi connectivity index (χ2v) is 9.70. The summed E-state index contributed by atoms with van der Waals surface area (Å²) < 4.78 is 62.1. The van der Waals surface area contributed by atoms with Gasteiger partial charge >= 0.3 is 0 Å². The number of rotatable bonds is 7. The molecule has 12 heteroatoms. The van der Waals surface area contributed by atoms with E-state index < -0.39 is 31.7 Å². The second kappa shape index (κ2) is 8.36. The lowest BCUT2D eigenvalue weighted by Crippen LogP contribution is -2.65. The molecule has 1 heterocycles. The predicted molar refractivity (Wildman–Crippen MR) is 88.0 cm³/mol. The van der Waals surface area contributed by atoms with Gasteiger partial charge in [-0.3, -0.25) is 20.5 Å². The Kier molecular flexibility index (Phi) is 6.96. The molecule has 24 heavy (non-hydrogen) atoms. The van der Waals surface area contributed by atoms with Gasteiger partial charge in [-0.25, -0.2) is 8.42 Å². The van der Waals surface area contributed by atoms with E-state index in [4.69, 9.17) is 9.29 Å². The van der Waals surface area contributed by atoms with Crippen molar-refractivity contribution >= 4 is 20.1 Å². The summed E-state index contributed by atoms with van der Waals surface area (Å²) in [6.07, 6.45) is 3.13. The van der Waals surface area contributed by atoms with E-state index in [2.05, 4.69) is 20.7 Å². The molecule has 5 N–H and O–H groups in total. The first kappa shape index (κ1) is 20.0. The van der Waals surface area contributed by atoms with Crippen LogP contribution in [0.4, 0.5) is 0 Å². The highest BCUT2D eigenvalue weighted by Gasteiger charge is 2.31. The van der Waals surface area contributed by atoms with Crippen LogP contribution < -0.4 is 20.7 Å². The highest BCUT2D eigenvalue weighted by Crippen LogP contribution is 2.25. The average molecular weight is 386 g/mol. The zero-order valence-corrected chi connectivity index (χ0v) is 15.2. The summed E-state index contributed by atoms with van der Waals surface area (Å²) in [5, 5.41) is 8.41. The smallest absolute Gasteiger partial charge is 0.267 e. The van der Waals surface area contributed by atoms with Crippen LogP contribution >= 0.6 is 0 Å². The average Bonchev–Trinajstić information content (AvgIpc) is 2.45. The Morgan fingerprint density at radius 2 is 1.96 bits per heavy atom. The van der Waals surface area contributed by atoms with Gasteiger partial charge in [0.2, 0.25) is 10.0 Å². The number of ether oxygens (including phenoxy) is 1. The third-order valence-corrected chi connectivity index (χ3v) is 6.06. The van der Waals surface area contributed by atoms with Crippen molar-refractivity contribution < 1.29 is 26.1 Å².